The Morgan fingerprint density at radius 2 is 2.29 bits per heavy atom. The number of nitrogens with one attached hydrogen (secondary N) is 2. The van der Waals surface area contributed by atoms with Crippen LogP contribution >= 0.6 is 0 Å². The maximum absolute atomic E-state index is 11.8. The van der Waals surface area contributed by atoms with Crippen molar-refractivity contribution in [1.29, 1.82) is 0 Å². The molecule has 1 aromatic rings. The van der Waals surface area contributed by atoms with Crippen molar-refractivity contribution in [1.82, 2.24) is 9.97 Å². The molecule has 0 aromatic carbocycles. The zero-order valence-corrected chi connectivity index (χ0v) is 7.58. The van der Waals surface area contributed by atoms with Crippen LogP contribution in [0.3, 0.4) is 0 Å². The molecule has 5 nitrogen and oxygen atoms in total. The molecule has 0 saturated heterocycles. The predicted octanol–water partition coefficient (Wildman–Crippen LogP) is 0.621. The van der Waals surface area contributed by atoms with Crippen molar-refractivity contribution in [2.75, 3.05) is 17.2 Å². The molecule has 0 radical (unpaired) electrons. The van der Waals surface area contributed by atoms with Crippen LogP contribution in [0.5, 0.6) is 0 Å². The fraction of sp³-hybridized carbons (Fsp3) is 0.444. The first-order chi connectivity index (χ1) is 6.80. The second kappa shape index (κ2) is 2.43. The van der Waals surface area contributed by atoms with E-state index in [1.54, 1.807) is 6.20 Å². The van der Waals surface area contributed by atoms with Gasteiger partial charge in [0.2, 0.25) is 5.91 Å². The summed E-state index contributed by atoms with van der Waals surface area (Å²) in [6.07, 6.45) is 5.03. The zero-order valence-electron chi connectivity index (χ0n) is 7.58. The third-order valence-corrected chi connectivity index (χ3v) is 2.89. The summed E-state index contributed by atoms with van der Waals surface area (Å²) in [5.74, 6) is 0.815. The van der Waals surface area contributed by atoms with Crippen molar-refractivity contribution in [3.8, 4) is 0 Å². The fourth-order valence-electron chi connectivity index (χ4n) is 1.70. The molecule has 0 bridgehead atoms. The number of carbonyl (C=O) groups excluding carboxylic acids is 1. The highest BCUT2D eigenvalue weighted by Crippen LogP contribution is 2.48. The highest BCUT2D eigenvalue weighted by Gasteiger charge is 2.50. The van der Waals surface area contributed by atoms with E-state index in [1.807, 2.05) is 0 Å². The maximum Gasteiger partial charge on any atom is 0.232 e. The lowest BCUT2D eigenvalue weighted by Gasteiger charge is -2.08. The number of fused-ring (bicyclic) bond motifs is 1. The number of carbonyl (C=O) groups is 1. The molecule has 2 N–H and O–H groups in total. The lowest BCUT2D eigenvalue weighted by atomic mass is 10.1. The Balaban J connectivity index is 2.00. The SMILES string of the molecule is O=C1Nc2cncnc2NCC12CC2. The van der Waals surface area contributed by atoms with Crippen molar-refractivity contribution in [2.24, 2.45) is 5.41 Å². The van der Waals surface area contributed by atoms with Gasteiger partial charge in [-0.15, -0.1) is 0 Å². The maximum atomic E-state index is 11.8. The van der Waals surface area contributed by atoms with Gasteiger partial charge in [0.05, 0.1) is 11.6 Å². The molecule has 14 heavy (non-hydrogen) atoms. The first-order valence-electron chi connectivity index (χ1n) is 4.66. The summed E-state index contributed by atoms with van der Waals surface area (Å²) in [7, 11) is 0. The minimum atomic E-state index is -0.180. The molecule has 0 atom stereocenters. The quantitative estimate of drug-likeness (QED) is 0.629. The van der Waals surface area contributed by atoms with Gasteiger partial charge >= 0.3 is 0 Å². The number of amides is 1. The molecule has 3 rings (SSSR count). The first-order valence-corrected chi connectivity index (χ1v) is 4.66. The lowest BCUT2D eigenvalue weighted by Crippen LogP contribution is -2.27. The Morgan fingerprint density at radius 3 is 3.07 bits per heavy atom. The predicted molar refractivity (Wildman–Crippen MR) is 50.8 cm³/mol. The molecule has 5 heteroatoms. The Bertz CT molecular complexity index is 400. The smallest absolute Gasteiger partial charge is 0.232 e. The Labute approximate surface area is 80.9 Å². The van der Waals surface area contributed by atoms with E-state index < -0.39 is 0 Å². The summed E-state index contributed by atoms with van der Waals surface area (Å²) in [5.41, 5.74) is 0.502. The van der Waals surface area contributed by atoms with Crippen molar-refractivity contribution in [3.05, 3.63) is 12.5 Å². The molecule has 2 heterocycles. The monoisotopic (exact) mass is 190 g/mol. The van der Waals surface area contributed by atoms with E-state index in [-0.39, 0.29) is 11.3 Å². The normalized spacial score (nSPS) is 21.9. The molecule has 72 valence electrons. The topological polar surface area (TPSA) is 66.9 Å². The third kappa shape index (κ3) is 0.982. The van der Waals surface area contributed by atoms with Gasteiger partial charge in [-0.2, -0.15) is 0 Å². The second-order valence-corrected chi connectivity index (χ2v) is 3.87. The van der Waals surface area contributed by atoms with E-state index in [0.29, 0.717) is 12.2 Å². The number of aromatic nitrogens is 2. The largest absolute Gasteiger partial charge is 0.367 e. The van der Waals surface area contributed by atoms with E-state index in [0.717, 1.165) is 18.7 Å². The van der Waals surface area contributed by atoms with Crippen LogP contribution in [0.2, 0.25) is 0 Å². The van der Waals surface area contributed by atoms with Crippen LogP contribution in [0.1, 0.15) is 12.8 Å². The van der Waals surface area contributed by atoms with Crippen molar-refractivity contribution in [2.45, 2.75) is 12.8 Å². The molecule has 1 fully saturated rings. The first kappa shape index (κ1) is 7.73. The van der Waals surface area contributed by atoms with Crippen LogP contribution < -0.4 is 10.6 Å². The molecule has 0 unspecified atom stereocenters. The minimum Gasteiger partial charge on any atom is -0.367 e. The molecule has 1 spiro atoms. The average Bonchev–Trinajstić information content (AvgIpc) is 2.98. The van der Waals surface area contributed by atoms with Crippen LogP contribution in [-0.2, 0) is 4.79 Å². The van der Waals surface area contributed by atoms with Crippen molar-refractivity contribution in [3.63, 3.8) is 0 Å². The number of nitrogens with zero attached hydrogens (tertiary/aromatic N) is 2. The molecule has 1 aromatic heterocycles. The molecular weight excluding hydrogens is 180 g/mol. The summed E-state index contributed by atoms with van der Waals surface area (Å²) in [4.78, 5) is 19.7. The van der Waals surface area contributed by atoms with Crippen LogP contribution in [-0.4, -0.2) is 22.4 Å². The highest BCUT2D eigenvalue weighted by molar-refractivity contribution is 6.00. The standard InChI is InChI=1S/C9H10N4O/c14-8-9(1-2-9)4-11-7-6(13-8)3-10-5-12-7/h3,5H,1-2,4H2,(H,13,14)(H,10,11,12). The van der Waals surface area contributed by atoms with Gasteiger partial charge in [-0.05, 0) is 12.8 Å². The van der Waals surface area contributed by atoms with E-state index in [4.69, 9.17) is 0 Å². The molecule has 1 amide bonds. The highest BCUT2D eigenvalue weighted by atomic mass is 16.2. The van der Waals surface area contributed by atoms with Gasteiger partial charge in [0.15, 0.2) is 5.82 Å². The average molecular weight is 190 g/mol. The van der Waals surface area contributed by atoms with Gasteiger partial charge in [-0.25, -0.2) is 9.97 Å². The third-order valence-electron chi connectivity index (χ3n) is 2.89. The van der Waals surface area contributed by atoms with Gasteiger partial charge in [-0.3, -0.25) is 4.79 Å². The van der Waals surface area contributed by atoms with Crippen LogP contribution in [0.4, 0.5) is 11.5 Å². The Morgan fingerprint density at radius 1 is 1.43 bits per heavy atom. The lowest BCUT2D eigenvalue weighted by molar-refractivity contribution is -0.120. The van der Waals surface area contributed by atoms with Crippen molar-refractivity contribution < 1.29 is 4.79 Å². The number of hydrogen-bond acceptors (Lipinski definition) is 4. The van der Waals surface area contributed by atoms with Crippen LogP contribution in [0.15, 0.2) is 12.5 Å². The summed E-state index contributed by atoms with van der Waals surface area (Å²) < 4.78 is 0. The molecular formula is C9H10N4O. The number of hydrogen-bond donors (Lipinski definition) is 2. The summed E-state index contributed by atoms with van der Waals surface area (Å²) in [6.45, 7) is 0.683. The molecule has 1 aliphatic heterocycles. The van der Waals surface area contributed by atoms with Crippen molar-refractivity contribution >= 4 is 17.4 Å². The van der Waals surface area contributed by atoms with Crippen LogP contribution in [0, 0.1) is 5.41 Å². The summed E-state index contributed by atoms with van der Waals surface area (Å²) >= 11 is 0. The molecule has 2 aliphatic rings. The molecule has 1 saturated carbocycles. The van der Waals surface area contributed by atoms with E-state index in [9.17, 15) is 4.79 Å². The Hall–Kier alpha value is -1.65. The Kier molecular flexibility index (Phi) is 1.34. The van der Waals surface area contributed by atoms with E-state index in [1.165, 1.54) is 6.33 Å². The van der Waals surface area contributed by atoms with Gasteiger partial charge < -0.3 is 10.6 Å². The summed E-state index contributed by atoms with van der Waals surface area (Å²) in [5, 5.41) is 6.02. The van der Waals surface area contributed by atoms with E-state index >= 15 is 0 Å². The van der Waals surface area contributed by atoms with Gasteiger partial charge in [-0.1, -0.05) is 0 Å². The zero-order chi connectivity index (χ0) is 9.60. The van der Waals surface area contributed by atoms with Gasteiger partial charge in [0.1, 0.15) is 12.0 Å². The molecule has 1 aliphatic carbocycles. The van der Waals surface area contributed by atoms with Gasteiger partial charge in [0.25, 0.3) is 0 Å². The summed E-state index contributed by atoms with van der Waals surface area (Å²) in [6, 6.07) is 0. The van der Waals surface area contributed by atoms with Crippen LogP contribution in [0.25, 0.3) is 0 Å². The number of rotatable bonds is 0. The van der Waals surface area contributed by atoms with Gasteiger partial charge in [0, 0.05) is 6.54 Å². The van der Waals surface area contributed by atoms with E-state index in [2.05, 4.69) is 20.6 Å². The minimum absolute atomic E-state index is 0.0959. The number of anilines is 2. The second-order valence-electron chi connectivity index (χ2n) is 3.87. The fourth-order valence-corrected chi connectivity index (χ4v) is 1.70.